The highest BCUT2D eigenvalue weighted by molar-refractivity contribution is 6.01. The molecule has 1 saturated heterocycles. The Labute approximate surface area is 175 Å². The smallest absolute Gasteiger partial charge is 0.373 e. The molecule has 0 amide bonds. The molecule has 3 unspecified atom stereocenters. The summed E-state index contributed by atoms with van der Waals surface area (Å²) in [4.78, 5) is 26.3. The number of hydrogen-bond donors (Lipinski definition) is 2. The number of piperazine rings is 1. The Balaban J connectivity index is 1.39. The number of rotatable bonds is 8. The first-order chi connectivity index (χ1) is 14.6. The molecule has 0 radical (unpaired) electrons. The van der Waals surface area contributed by atoms with Gasteiger partial charge in [0.25, 0.3) is 6.29 Å². The average molecular weight is 410 g/mol. The number of nitrogens with one attached hydrogen (secondary N) is 1. The first-order valence-electron chi connectivity index (χ1n) is 10.2. The van der Waals surface area contributed by atoms with Crippen molar-refractivity contribution >= 4 is 17.4 Å². The van der Waals surface area contributed by atoms with Gasteiger partial charge in [0.15, 0.2) is 5.78 Å². The number of Topliss-reactive ketones (excluding diaryl/α,β-unsaturated/α-hetero) is 1. The number of carboxylic acid groups (broad SMARTS) is 1. The lowest BCUT2D eigenvalue weighted by Gasteiger charge is -2.29. The van der Waals surface area contributed by atoms with Crippen LogP contribution in [0.5, 0.6) is 5.75 Å². The van der Waals surface area contributed by atoms with E-state index in [2.05, 4.69) is 16.3 Å². The Hall–Kier alpha value is -2.90. The van der Waals surface area contributed by atoms with E-state index in [0.717, 1.165) is 49.4 Å². The second-order valence-electron chi connectivity index (χ2n) is 7.69. The topological polar surface area (TPSA) is 88.1 Å². The largest absolute Gasteiger partial charge is 0.477 e. The summed E-state index contributed by atoms with van der Waals surface area (Å²) in [5.41, 5.74) is 2.93. The van der Waals surface area contributed by atoms with E-state index in [0.29, 0.717) is 5.75 Å². The Bertz CT molecular complexity index is 908. The van der Waals surface area contributed by atoms with Crippen molar-refractivity contribution < 1.29 is 24.2 Å². The van der Waals surface area contributed by atoms with Crippen LogP contribution < -0.4 is 15.0 Å². The van der Waals surface area contributed by atoms with Crippen LogP contribution in [0.1, 0.15) is 28.3 Å². The molecule has 7 nitrogen and oxygen atoms in total. The van der Waals surface area contributed by atoms with Crippen LogP contribution in [0.2, 0.25) is 0 Å². The zero-order valence-electron chi connectivity index (χ0n) is 16.9. The fourth-order valence-corrected chi connectivity index (χ4v) is 3.96. The number of carboxylic acids is 1. The van der Waals surface area contributed by atoms with Crippen LogP contribution in [0.25, 0.3) is 0 Å². The quantitative estimate of drug-likeness (QED) is 0.511. The molecule has 0 spiro atoms. The van der Waals surface area contributed by atoms with E-state index in [1.165, 1.54) is 7.11 Å². The Morgan fingerprint density at radius 2 is 1.87 bits per heavy atom. The molecule has 158 valence electrons. The van der Waals surface area contributed by atoms with E-state index in [9.17, 15) is 9.59 Å². The molecule has 2 N–H and O–H groups in total. The molecule has 0 aromatic heterocycles. The number of nitrogens with zero attached hydrogens (tertiary/aromatic N) is 1. The molecule has 1 aliphatic heterocycles. The molecule has 7 heteroatoms. The van der Waals surface area contributed by atoms with Gasteiger partial charge in [0.05, 0.1) is 0 Å². The second-order valence-corrected chi connectivity index (χ2v) is 7.69. The number of anilines is 1. The summed E-state index contributed by atoms with van der Waals surface area (Å²) in [5.74, 6) is -0.409. The molecule has 3 atom stereocenters. The summed E-state index contributed by atoms with van der Waals surface area (Å²) in [6.07, 6.45) is -0.513. The number of hydrogen-bond acceptors (Lipinski definition) is 6. The van der Waals surface area contributed by atoms with Gasteiger partial charge in [-0.05, 0) is 42.2 Å². The standard InChI is InChI=1S/C23H26N2O5/c1-29-23(22(27)28)30-18-7-5-15(6-8-18)19-14-20(19)21(26)16-3-2-4-17(13-16)25-11-9-24-10-12-25/h2-8,13,19-20,23-24H,9-12,14H2,1H3,(H,27,28). The van der Waals surface area contributed by atoms with Gasteiger partial charge in [0, 0.05) is 50.5 Å². The Morgan fingerprint density at radius 1 is 1.13 bits per heavy atom. The SMILES string of the molecule is COC(Oc1ccc(C2CC2C(=O)c2cccc(N3CCNCC3)c2)cc1)C(=O)O. The first kappa shape index (κ1) is 20.4. The number of aliphatic carboxylic acids is 1. The normalized spacial score (nSPS) is 21.7. The third-order valence-electron chi connectivity index (χ3n) is 5.71. The Morgan fingerprint density at radius 3 is 2.53 bits per heavy atom. The maximum absolute atomic E-state index is 13.0. The van der Waals surface area contributed by atoms with Gasteiger partial charge in [-0.1, -0.05) is 24.3 Å². The van der Waals surface area contributed by atoms with E-state index >= 15 is 0 Å². The summed E-state index contributed by atoms with van der Waals surface area (Å²) < 4.78 is 10.1. The van der Waals surface area contributed by atoms with E-state index in [-0.39, 0.29) is 17.6 Å². The van der Waals surface area contributed by atoms with Crippen LogP contribution >= 0.6 is 0 Å². The maximum Gasteiger partial charge on any atom is 0.373 e. The van der Waals surface area contributed by atoms with E-state index < -0.39 is 12.3 Å². The molecular formula is C23H26N2O5. The van der Waals surface area contributed by atoms with Crippen molar-refractivity contribution in [3.8, 4) is 5.75 Å². The lowest BCUT2D eigenvalue weighted by Crippen LogP contribution is -2.43. The molecule has 1 aliphatic carbocycles. The summed E-state index contributed by atoms with van der Waals surface area (Å²) in [6.45, 7) is 3.81. The molecular weight excluding hydrogens is 384 g/mol. The van der Waals surface area contributed by atoms with Gasteiger partial charge in [0.1, 0.15) is 5.75 Å². The van der Waals surface area contributed by atoms with Crippen LogP contribution in [0.4, 0.5) is 5.69 Å². The van der Waals surface area contributed by atoms with Crippen molar-refractivity contribution in [1.82, 2.24) is 5.32 Å². The molecule has 1 saturated carbocycles. The van der Waals surface area contributed by atoms with Crippen LogP contribution in [0, 0.1) is 5.92 Å². The zero-order valence-corrected chi connectivity index (χ0v) is 16.9. The van der Waals surface area contributed by atoms with Crippen molar-refractivity contribution in [3.63, 3.8) is 0 Å². The van der Waals surface area contributed by atoms with Gasteiger partial charge >= 0.3 is 5.97 Å². The maximum atomic E-state index is 13.0. The van der Waals surface area contributed by atoms with Crippen LogP contribution in [0.3, 0.4) is 0 Å². The zero-order chi connectivity index (χ0) is 21.1. The van der Waals surface area contributed by atoms with Crippen molar-refractivity contribution in [2.45, 2.75) is 18.6 Å². The van der Waals surface area contributed by atoms with Crippen molar-refractivity contribution in [2.24, 2.45) is 5.92 Å². The highest BCUT2D eigenvalue weighted by Crippen LogP contribution is 2.49. The van der Waals surface area contributed by atoms with Gasteiger partial charge in [-0.25, -0.2) is 4.79 Å². The van der Waals surface area contributed by atoms with Crippen LogP contribution in [-0.2, 0) is 9.53 Å². The molecule has 30 heavy (non-hydrogen) atoms. The fraction of sp³-hybridized carbons (Fsp3) is 0.391. The van der Waals surface area contributed by atoms with E-state index in [4.69, 9.17) is 14.6 Å². The second kappa shape index (κ2) is 8.85. The predicted octanol–water partition coefficient (Wildman–Crippen LogP) is 2.52. The lowest BCUT2D eigenvalue weighted by atomic mass is 10.0. The van der Waals surface area contributed by atoms with Gasteiger partial charge in [0.2, 0.25) is 0 Å². The van der Waals surface area contributed by atoms with Crippen LogP contribution in [0.15, 0.2) is 48.5 Å². The van der Waals surface area contributed by atoms with Gasteiger partial charge in [-0.2, -0.15) is 0 Å². The van der Waals surface area contributed by atoms with Crippen molar-refractivity contribution in [1.29, 1.82) is 0 Å². The van der Waals surface area contributed by atoms with Crippen molar-refractivity contribution in [2.75, 3.05) is 38.2 Å². The highest BCUT2D eigenvalue weighted by atomic mass is 16.7. The minimum absolute atomic E-state index is 0.0132. The monoisotopic (exact) mass is 410 g/mol. The number of carbonyl (C=O) groups excluding carboxylic acids is 1. The summed E-state index contributed by atoms with van der Waals surface area (Å²) >= 11 is 0. The number of ketones is 1. The average Bonchev–Trinajstić information content (AvgIpc) is 3.59. The van der Waals surface area contributed by atoms with Gasteiger partial charge in [-0.15, -0.1) is 0 Å². The first-order valence-corrected chi connectivity index (χ1v) is 10.2. The fourth-order valence-electron chi connectivity index (χ4n) is 3.96. The number of methoxy groups -OCH3 is 1. The summed E-state index contributed by atoms with van der Waals surface area (Å²) in [5, 5.41) is 12.3. The predicted molar refractivity (Wildman–Crippen MR) is 112 cm³/mol. The molecule has 2 aliphatic rings. The number of ether oxygens (including phenoxy) is 2. The van der Waals surface area contributed by atoms with E-state index in [1.54, 1.807) is 12.1 Å². The Kier molecular flexibility index (Phi) is 6.01. The third kappa shape index (κ3) is 4.47. The number of benzene rings is 2. The van der Waals surface area contributed by atoms with Crippen molar-refractivity contribution in [3.05, 3.63) is 59.7 Å². The molecule has 1 heterocycles. The van der Waals surface area contributed by atoms with E-state index in [1.807, 2.05) is 30.3 Å². The van der Waals surface area contributed by atoms with Crippen LogP contribution in [-0.4, -0.2) is 56.4 Å². The summed E-state index contributed by atoms with van der Waals surface area (Å²) in [6, 6.07) is 15.1. The number of carbonyl (C=O) groups is 2. The molecule has 2 fully saturated rings. The van der Waals surface area contributed by atoms with Gasteiger partial charge in [-0.3, -0.25) is 4.79 Å². The summed E-state index contributed by atoms with van der Waals surface area (Å²) in [7, 11) is 1.28. The molecule has 2 aromatic carbocycles. The molecule has 0 bridgehead atoms. The third-order valence-corrected chi connectivity index (χ3v) is 5.71. The minimum Gasteiger partial charge on any atom is -0.477 e. The molecule has 2 aromatic rings. The minimum atomic E-state index is -1.34. The lowest BCUT2D eigenvalue weighted by molar-refractivity contribution is -0.166. The van der Waals surface area contributed by atoms with Gasteiger partial charge < -0.3 is 24.8 Å². The highest BCUT2D eigenvalue weighted by Gasteiger charge is 2.44. The molecule has 4 rings (SSSR count).